The SMILES string of the molecule is C[C@@]1(O)S[C@H](CO)[C@@H](O)[C@H](O)[C@H]1O. The average molecular weight is 210 g/mol. The molecule has 0 aromatic carbocycles. The first-order valence-corrected chi connectivity index (χ1v) is 4.83. The van der Waals surface area contributed by atoms with E-state index < -0.39 is 28.5 Å². The molecule has 0 amide bonds. The highest BCUT2D eigenvalue weighted by molar-refractivity contribution is 8.01. The number of aliphatic hydroxyl groups excluding tert-OH is 4. The molecular formula is C7H14O5S. The molecule has 0 unspecified atom stereocenters. The molecule has 1 aliphatic rings. The van der Waals surface area contributed by atoms with E-state index in [1.165, 1.54) is 6.92 Å². The van der Waals surface area contributed by atoms with Crippen LogP contribution in [0.4, 0.5) is 0 Å². The van der Waals surface area contributed by atoms with Gasteiger partial charge in [-0.05, 0) is 6.92 Å². The van der Waals surface area contributed by atoms with Crippen molar-refractivity contribution in [3.63, 3.8) is 0 Å². The maximum atomic E-state index is 9.56. The highest BCUT2D eigenvalue weighted by Gasteiger charge is 2.49. The van der Waals surface area contributed by atoms with E-state index in [9.17, 15) is 20.4 Å². The summed E-state index contributed by atoms with van der Waals surface area (Å²) in [7, 11) is 0. The zero-order valence-electron chi connectivity index (χ0n) is 7.16. The van der Waals surface area contributed by atoms with Gasteiger partial charge in [0.05, 0.1) is 18.0 Å². The molecule has 1 aliphatic heterocycles. The van der Waals surface area contributed by atoms with Crippen molar-refractivity contribution in [3.8, 4) is 0 Å². The third-order valence-electron chi connectivity index (χ3n) is 2.17. The molecule has 1 rings (SSSR count). The molecule has 0 aromatic rings. The zero-order chi connectivity index (χ0) is 10.2. The molecule has 0 spiro atoms. The van der Waals surface area contributed by atoms with Crippen molar-refractivity contribution >= 4 is 11.8 Å². The second-order valence-corrected chi connectivity index (χ2v) is 4.99. The van der Waals surface area contributed by atoms with Crippen molar-refractivity contribution in [2.45, 2.75) is 35.4 Å². The highest BCUT2D eigenvalue weighted by atomic mass is 32.2. The molecule has 13 heavy (non-hydrogen) atoms. The first-order chi connectivity index (χ1) is 5.90. The predicted molar refractivity (Wildman–Crippen MR) is 47.1 cm³/mol. The number of aliphatic hydroxyl groups is 5. The van der Waals surface area contributed by atoms with Gasteiger partial charge in [0.2, 0.25) is 0 Å². The lowest BCUT2D eigenvalue weighted by Gasteiger charge is -2.43. The molecule has 0 aliphatic carbocycles. The third kappa shape index (κ3) is 1.98. The molecule has 78 valence electrons. The van der Waals surface area contributed by atoms with Gasteiger partial charge in [-0.2, -0.15) is 0 Å². The van der Waals surface area contributed by atoms with Crippen molar-refractivity contribution in [1.29, 1.82) is 0 Å². The Hall–Kier alpha value is 0.150. The molecule has 0 bridgehead atoms. The molecule has 0 saturated carbocycles. The summed E-state index contributed by atoms with van der Waals surface area (Å²) in [5.41, 5.74) is 0. The summed E-state index contributed by atoms with van der Waals surface area (Å²) >= 11 is 0.854. The predicted octanol–water partition coefficient (Wildman–Crippen LogP) is -2.11. The van der Waals surface area contributed by atoms with Crippen molar-refractivity contribution in [2.24, 2.45) is 0 Å². The van der Waals surface area contributed by atoms with Crippen LogP contribution in [-0.2, 0) is 0 Å². The first kappa shape index (κ1) is 11.2. The summed E-state index contributed by atoms with van der Waals surface area (Å²) in [5, 5.41) is 45.7. The Kier molecular flexibility index (Phi) is 3.21. The minimum atomic E-state index is -1.54. The van der Waals surface area contributed by atoms with Gasteiger partial charge >= 0.3 is 0 Å². The Morgan fingerprint density at radius 2 is 1.77 bits per heavy atom. The van der Waals surface area contributed by atoms with E-state index in [1.807, 2.05) is 0 Å². The Labute approximate surface area is 80.0 Å². The van der Waals surface area contributed by atoms with E-state index in [-0.39, 0.29) is 6.61 Å². The van der Waals surface area contributed by atoms with Gasteiger partial charge in [-0.25, -0.2) is 0 Å². The Morgan fingerprint density at radius 3 is 2.23 bits per heavy atom. The fourth-order valence-corrected chi connectivity index (χ4v) is 2.58. The van der Waals surface area contributed by atoms with E-state index in [1.54, 1.807) is 0 Å². The van der Waals surface area contributed by atoms with E-state index >= 15 is 0 Å². The number of hydrogen-bond acceptors (Lipinski definition) is 6. The van der Waals surface area contributed by atoms with Gasteiger partial charge in [0, 0.05) is 0 Å². The Balaban J connectivity index is 2.79. The maximum Gasteiger partial charge on any atom is 0.136 e. The molecule has 5 atom stereocenters. The van der Waals surface area contributed by atoms with Gasteiger partial charge in [0.1, 0.15) is 17.1 Å². The van der Waals surface area contributed by atoms with E-state index in [4.69, 9.17) is 5.11 Å². The fourth-order valence-electron chi connectivity index (χ4n) is 1.31. The van der Waals surface area contributed by atoms with Crippen LogP contribution >= 0.6 is 11.8 Å². The van der Waals surface area contributed by atoms with Crippen LogP contribution in [0.25, 0.3) is 0 Å². The van der Waals surface area contributed by atoms with Crippen LogP contribution < -0.4 is 0 Å². The molecule has 1 fully saturated rings. The second-order valence-electron chi connectivity index (χ2n) is 3.32. The number of hydrogen-bond donors (Lipinski definition) is 5. The monoisotopic (exact) mass is 210 g/mol. The lowest BCUT2D eigenvalue weighted by Crippen LogP contribution is -2.59. The topological polar surface area (TPSA) is 101 Å². The van der Waals surface area contributed by atoms with Crippen LogP contribution in [0.1, 0.15) is 6.92 Å². The normalized spacial score (nSPS) is 52.2. The zero-order valence-corrected chi connectivity index (χ0v) is 7.98. The Bertz CT molecular complexity index is 184. The smallest absolute Gasteiger partial charge is 0.136 e. The van der Waals surface area contributed by atoms with E-state index in [0.717, 1.165) is 11.8 Å². The molecular weight excluding hydrogens is 196 g/mol. The average Bonchev–Trinajstić information content (AvgIpc) is 2.08. The summed E-state index contributed by atoms with van der Waals surface area (Å²) in [6, 6.07) is 0. The van der Waals surface area contributed by atoms with Crippen LogP contribution in [0.2, 0.25) is 0 Å². The molecule has 1 heterocycles. The standard InChI is InChI=1S/C7H14O5S/c1-7(12)6(11)5(10)4(9)3(2-8)13-7/h3-6,8-12H,2H2,1H3/t3-,4-,5+,6-,7-/m1/s1. The van der Waals surface area contributed by atoms with Crippen LogP contribution in [-0.4, -0.2) is 60.6 Å². The first-order valence-electron chi connectivity index (χ1n) is 3.95. The van der Waals surface area contributed by atoms with E-state index in [0.29, 0.717) is 0 Å². The molecule has 5 N–H and O–H groups in total. The van der Waals surface area contributed by atoms with Crippen LogP contribution in [0.5, 0.6) is 0 Å². The highest BCUT2D eigenvalue weighted by Crippen LogP contribution is 2.39. The van der Waals surface area contributed by atoms with Crippen molar-refractivity contribution in [2.75, 3.05) is 6.61 Å². The number of thioether (sulfide) groups is 1. The quantitative estimate of drug-likeness (QED) is 0.339. The largest absolute Gasteiger partial charge is 0.395 e. The third-order valence-corrected chi connectivity index (χ3v) is 3.62. The maximum absolute atomic E-state index is 9.56. The van der Waals surface area contributed by atoms with Crippen molar-refractivity contribution < 1.29 is 25.5 Å². The summed E-state index contributed by atoms with van der Waals surface area (Å²) in [4.78, 5) is -1.54. The lowest BCUT2D eigenvalue weighted by atomic mass is 10.0. The minimum Gasteiger partial charge on any atom is -0.395 e. The second kappa shape index (κ2) is 3.72. The van der Waals surface area contributed by atoms with Crippen molar-refractivity contribution in [3.05, 3.63) is 0 Å². The minimum absolute atomic E-state index is 0.355. The van der Waals surface area contributed by atoms with Gasteiger partial charge in [-0.1, -0.05) is 0 Å². The van der Waals surface area contributed by atoms with Crippen LogP contribution in [0.15, 0.2) is 0 Å². The Morgan fingerprint density at radius 1 is 1.23 bits per heavy atom. The lowest BCUT2D eigenvalue weighted by molar-refractivity contribution is -0.123. The molecule has 5 nitrogen and oxygen atoms in total. The van der Waals surface area contributed by atoms with Crippen LogP contribution in [0.3, 0.4) is 0 Å². The van der Waals surface area contributed by atoms with Crippen molar-refractivity contribution in [1.82, 2.24) is 0 Å². The van der Waals surface area contributed by atoms with E-state index in [2.05, 4.69) is 0 Å². The van der Waals surface area contributed by atoms with Gasteiger partial charge < -0.3 is 25.5 Å². The molecule has 0 radical (unpaired) electrons. The summed E-state index contributed by atoms with van der Waals surface area (Å²) in [5.74, 6) is 0. The fraction of sp³-hybridized carbons (Fsp3) is 1.00. The molecule has 1 saturated heterocycles. The summed E-state index contributed by atoms with van der Waals surface area (Å²) in [6.45, 7) is 0.978. The summed E-state index contributed by atoms with van der Waals surface area (Å²) < 4.78 is 0. The van der Waals surface area contributed by atoms with Gasteiger partial charge in [0.25, 0.3) is 0 Å². The van der Waals surface area contributed by atoms with Gasteiger partial charge in [-0.15, -0.1) is 11.8 Å². The van der Waals surface area contributed by atoms with Crippen LogP contribution in [0, 0.1) is 0 Å². The van der Waals surface area contributed by atoms with Gasteiger partial charge in [-0.3, -0.25) is 0 Å². The van der Waals surface area contributed by atoms with Gasteiger partial charge in [0.15, 0.2) is 0 Å². The number of rotatable bonds is 1. The summed E-state index contributed by atoms with van der Waals surface area (Å²) in [6.07, 6.45) is -4.05. The molecule has 0 aromatic heterocycles. The molecule has 6 heteroatoms.